The molecular weight excluding hydrogens is 407 g/mol. The van der Waals surface area contributed by atoms with Crippen molar-refractivity contribution in [3.8, 4) is 0 Å². The second-order valence-corrected chi connectivity index (χ2v) is 9.14. The van der Waals surface area contributed by atoms with Crippen molar-refractivity contribution < 1.29 is 21.6 Å². The Morgan fingerprint density at radius 3 is 2.55 bits per heavy atom. The van der Waals surface area contributed by atoms with Gasteiger partial charge in [-0.1, -0.05) is 0 Å². The minimum Gasteiger partial charge on any atom is -0.355 e. The van der Waals surface area contributed by atoms with Crippen LogP contribution in [0.3, 0.4) is 0 Å². The number of anilines is 1. The van der Waals surface area contributed by atoms with E-state index in [-0.39, 0.29) is 17.3 Å². The number of piperidine rings is 1. The first kappa shape index (κ1) is 21.6. The molecule has 1 fully saturated rings. The van der Waals surface area contributed by atoms with Gasteiger partial charge in [-0.25, -0.2) is 13.4 Å². The molecule has 11 heteroatoms. The first-order valence-electron chi connectivity index (χ1n) is 9.20. The van der Waals surface area contributed by atoms with E-state index in [1.165, 1.54) is 33.2 Å². The maximum absolute atomic E-state index is 13.4. The second-order valence-electron chi connectivity index (χ2n) is 7.27. The number of rotatable bonds is 4. The van der Waals surface area contributed by atoms with Crippen LogP contribution in [0.2, 0.25) is 0 Å². The SMILES string of the molecule is Cc1nn(C)c(C)c1S(=O)(=O)N1CCCC(N(C)c2ncccc2C(F)(F)F)C1. The molecule has 3 rings (SSSR count). The van der Waals surface area contributed by atoms with Gasteiger partial charge in [-0.05, 0) is 38.8 Å². The van der Waals surface area contributed by atoms with Gasteiger partial charge in [0.25, 0.3) is 0 Å². The lowest BCUT2D eigenvalue weighted by molar-refractivity contribution is -0.137. The molecule has 0 aliphatic carbocycles. The van der Waals surface area contributed by atoms with Crippen LogP contribution in [0, 0.1) is 13.8 Å². The zero-order chi connectivity index (χ0) is 21.6. The van der Waals surface area contributed by atoms with Crippen LogP contribution in [0.25, 0.3) is 0 Å². The molecule has 1 atom stereocenters. The molecule has 0 bridgehead atoms. The maximum atomic E-state index is 13.4. The third-order valence-electron chi connectivity index (χ3n) is 5.37. The molecule has 3 heterocycles. The molecule has 0 saturated carbocycles. The topological polar surface area (TPSA) is 71.3 Å². The molecule has 1 aliphatic heterocycles. The molecule has 2 aromatic heterocycles. The lowest BCUT2D eigenvalue weighted by atomic mass is 10.1. The smallest absolute Gasteiger partial charge is 0.355 e. The zero-order valence-electron chi connectivity index (χ0n) is 16.7. The molecule has 0 aromatic carbocycles. The van der Waals surface area contributed by atoms with Crippen LogP contribution in [0.4, 0.5) is 19.0 Å². The molecule has 0 radical (unpaired) electrons. The van der Waals surface area contributed by atoms with E-state index in [1.807, 2.05) is 0 Å². The standard InChI is InChI=1S/C18H24F3N5O2S/c1-12-16(13(2)25(4)23-12)29(27,28)26-10-6-7-14(11-26)24(3)17-15(18(19,20)21)8-5-9-22-17/h5,8-9,14H,6-7,10-11H2,1-4H3. The van der Waals surface area contributed by atoms with Crippen molar-refractivity contribution >= 4 is 15.8 Å². The van der Waals surface area contributed by atoms with E-state index in [2.05, 4.69) is 10.1 Å². The van der Waals surface area contributed by atoms with E-state index in [0.29, 0.717) is 30.8 Å². The summed E-state index contributed by atoms with van der Waals surface area (Å²) < 4.78 is 69.4. The van der Waals surface area contributed by atoms with Crippen molar-refractivity contribution in [3.05, 3.63) is 35.3 Å². The van der Waals surface area contributed by atoms with E-state index in [4.69, 9.17) is 0 Å². The van der Waals surface area contributed by atoms with E-state index in [1.54, 1.807) is 20.9 Å². The number of sulfonamides is 1. The molecule has 0 amide bonds. The second kappa shape index (κ2) is 7.60. The van der Waals surface area contributed by atoms with Crippen LogP contribution in [0.1, 0.15) is 29.8 Å². The normalized spacial score (nSPS) is 18.8. The number of likely N-dealkylation sites (N-methyl/N-ethyl adjacent to an activating group) is 1. The Balaban J connectivity index is 1.90. The fraction of sp³-hybridized carbons (Fsp3) is 0.556. The number of aromatic nitrogens is 3. The van der Waals surface area contributed by atoms with Gasteiger partial charge in [-0.15, -0.1) is 0 Å². The lowest BCUT2D eigenvalue weighted by Crippen LogP contribution is -2.49. The Morgan fingerprint density at radius 2 is 1.97 bits per heavy atom. The summed E-state index contributed by atoms with van der Waals surface area (Å²) in [5, 5.41) is 4.18. The predicted molar refractivity (Wildman–Crippen MR) is 102 cm³/mol. The number of halogens is 3. The summed E-state index contributed by atoms with van der Waals surface area (Å²) in [6.45, 7) is 3.72. The molecule has 1 saturated heterocycles. The van der Waals surface area contributed by atoms with Crippen LogP contribution in [0.5, 0.6) is 0 Å². The zero-order valence-corrected chi connectivity index (χ0v) is 17.5. The molecule has 1 unspecified atom stereocenters. The van der Waals surface area contributed by atoms with Gasteiger partial charge in [0.1, 0.15) is 10.7 Å². The Labute approximate surface area is 168 Å². The summed E-state index contributed by atoms with van der Waals surface area (Å²) in [5.74, 6) is -0.196. The van der Waals surface area contributed by atoms with Crippen molar-refractivity contribution in [3.63, 3.8) is 0 Å². The largest absolute Gasteiger partial charge is 0.419 e. The third kappa shape index (κ3) is 3.97. The fourth-order valence-corrected chi connectivity index (χ4v) is 5.70. The molecule has 160 valence electrons. The Morgan fingerprint density at radius 1 is 1.28 bits per heavy atom. The first-order chi connectivity index (χ1) is 13.4. The summed E-state index contributed by atoms with van der Waals surface area (Å²) in [7, 11) is -0.608. The Hall–Kier alpha value is -2.14. The van der Waals surface area contributed by atoms with Gasteiger partial charge >= 0.3 is 6.18 Å². The van der Waals surface area contributed by atoms with Crippen LogP contribution in [-0.4, -0.2) is 53.7 Å². The average molecular weight is 431 g/mol. The van der Waals surface area contributed by atoms with Crippen molar-refractivity contribution in [2.45, 2.75) is 43.8 Å². The number of hydrogen-bond acceptors (Lipinski definition) is 5. The number of pyridine rings is 1. The quantitative estimate of drug-likeness (QED) is 0.745. The summed E-state index contributed by atoms with van der Waals surface area (Å²) in [5.41, 5.74) is 0.105. The number of aryl methyl sites for hydroxylation is 2. The predicted octanol–water partition coefficient (Wildman–Crippen LogP) is 2.74. The molecule has 7 nitrogen and oxygen atoms in total. The summed E-state index contributed by atoms with van der Waals surface area (Å²) in [6, 6.07) is 1.80. The molecular formula is C18H24F3N5O2S. The minimum atomic E-state index is -4.54. The lowest BCUT2D eigenvalue weighted by Gasteiger charge is -2.38. The van der Waals surface area contributed by atoms with Crippen LogP contribution in [-0.2, 0) is 23.2 Å². The summed E-state index contributed by atoms with van der Waals surface area (Å²) >= 11 is 0. The van der Waals surface area contributed by atoms with Crippen molar-refractivity contribution in [2.75, 3.05) is 25.0 Å². The van der Waals surface area contributed by atoms with E-state index >= 15 is 0 Å². The Bertz CT molecular complexity index is 1000. The fourth-order valence-electron chi connectivity index (χ4n) is 3.78. The highest BCUT2D eigenvalue weighted by Crippen LogP contribution is 2.36. The molecule has 2 aromatic rings. The van der Waals surface area contributed by atoms with Gasteiger partial charge in [-0.3, -0.25) is 4.68 Å². The molecule has 1 aliphatic rings. The van der Waals surface area contributed by atoms with E-state index < -0.39 is 27.8 Å². The number of nitrogens with zero attached hydrogens (tertiary/aromatic N) is 5. The third-order valence-corrected chi connectivity index (χ3v) is 7.49. The van der Waals surface area contributed by atoms with Gasteiger partial charge < -0.3 is 4.90 Å². The van der Waals surface area contributed by atoms with Crippen LogP contribution >= 0.6 is 0 Å². The van der Waals surface area contributed by atoms with Gasteiger partial charge in [-0.2, -0.15) is 22.6 Å². The van der Waals surface area contributed by atoms with Gasteiger partial charge in [0.15, 0.2) is 0 Å². The van der Waals surface area contributed by atoms with Gasteiger partial charge in [0.05, 0.1) is 17.0 Å². The first-order valence-corrected chi connectivity index (χ1v) is 10.6. The van der Waals surface area contributed by atoms with Crippen LogP contribution < -0.4 is 4.90 Å². The van der Waals surface area contributed by atoms with Crippen molar-refractivity contribution in [2.24, 2.45) is 7.05 Å². The minimum absolute atomic E-state index is 0.0838. The highest BCUT2D eigenvalue weighted by Gasteiger charge is 2.39. The molecule has 0 spiro atoms. The number of hydrogen-bond donors (Lipinski definition) is 0. The molecule has 0 N–H and O–H groups in total. The highest BCUT2D eigenvalue weighted by atomic mass is 32.2. The molecule has 29 heavy (non-hydrogen) atoms. The van der Waals surface area contributed by atoms with Crippen LogP contribution in [0.15, 0.2) is 23.2 Å². The highest BCUT2D eigenvalue weighted by molar-refractivity contribution is 7.89. The van der Waals surface area contributed by atoms with Crippen molar-refractivity contribution in [1.82, 2.24) is 19.1 Å². The van der Waals surface area contributed by atoms with E-state index in [0.717, 1.165) is 6.07 Å². The summed E-state index contributed by atoms with van der Waals surface area (Å²) in [6.07, 6.45) is -2.12. The summed E-state index contributed by atoms with van der Waals surface area (Å²) in [4.78, 5) is 5.52. The maximum Gasteiger partial charge on any atom is 0.419 e. The van der Waals surface area contributed by atoms with Crippen molar-refractivity contribution in [1.29, 1.82) is 0 Å². The Kier molecular flexibility index (Phi) is 5.65. The van der Waals surface area contributed by atoms with Gasteiger partial charge in [0.2, 0.25) is 10.0 Å². The average Bonchev–Trinajstić information content (AvgIpc) is 2.92. The number of alkyl halides is 3. The van der Waals surface area contributed by atoms with Gasteiger partial charge in [0, 0.05) is 39.4 Å². The van der Waals surface area contributed by atoms with E-state index in [9.17, 15) is 21.6 Å². The monoisotopic (exact) mass is 431 g/mol.